The Bertz CT molecular complexity index is 1710. The predicted octanol–water partition coefficient (Wildman–Crippen LogP) is 3.70. The van der Waals surface area contributed by atoms with E-state index in [-0.39, 0.29) is 17.4 Å². The summed E-state index contributed by atoms with van der Waals surface area (Å²) in [6.45, 7) is 0. The number of hydrogen-bond acceptors (Lipinski definition) is 9. The number of hydrogen-bond donors (Lipinski definition) is 3. The molecule has 2 aromatic carbocycles. The molecule has 5 atom stereocenters. The number of halogens is 1. The summed E-state index contributed by atoms with van der Waals surface area (Å²) in [5.41, 5.74) is 1.18. The smallest absolute Gasteiger partial charge is 0.339 e. The van der Waals surface area contributed by atoms with Crippen LogP contribution in [0.1, 0.15) is 35.0 Å². The number of carbonyl (C=O) groups excluding carboxylic acids is 1. The van der Waals surface area contributed by atoms with E-state index >= 15 is 0 Å². The fraction of sp³-hybridized carbons (Fsp3) is 0.276. The van der Waals surface area contributed by atoms with Crippen LogP contribution in [0.3, 0.4) is 0 Å². The maximum atomic E-state index is 14.8. The number of rotatable bonds is 8. The minimum absolute atomic E-state index is 0.148. The number of fused-ring (bicyclic) bond motifs is 2. The van der Waals surface area contributed by atoms with Crippen molar-refractivity contribution in [3.63, 3.8) is 0 Å². The van der Waals surface area contributed by atoms with Crippen molar-refractivity contribution < 1.29 is 38.0 Å². The van der Waals surface area contributed by atoms with Gasteiger partial charge in [-0.2, -0.15) is 0 Å². The van der Waals surface area contributed by atoms with Crippen molar-refractivity contribution in [1.29, 1.82) is 0 Å². The summed E-state index contributed by atoms with van der Waals surface area (Å²) in [4.78, 5) is 37.1. The van der Waals surface area contributed by atoms with Gasteiger partial charge in [0.25, 0.3) is 0 Å². The summed E-state index contributed by atoms with van der Waals surface area (Å²) >= 11 is 0. The molecule has 3 N–H and O–H groups in total. The van der Waals surface area contributed by atoms with Crippen molar-refractivity contribution in [2.75, 3.05) is 5.32 Å². The van der Waals surface area contributed by atoms with Gasteiger partial charge in [-0.1, -0.05) is 42.5 Å². The Kier molecular flexibility index (Phi) is 6.93. The second-order valence-electron chi connectivity index (χ2n) is 10.2. The molecule has 43 heavy (non-hydrogen) atoms. The molecule has 1 saturated carbocycles. The molecule has 220 valence electrons. The van der Waals surface area contributed by atoms with Crippen LogP contribution in [0.5, 0.6) is 5.75 Å². The normalized spacial score (nSPS) is 24.7. The maximum Gasteiger partial charge on any atom is 0.339 e. The van der Waals surface area contributed by atoms with Crippen LogP contribution < -0.4 is 15.4 Å². The van der Waals surface area contributed by atoms with Gasteiger partial charge in [-0.05, 0) is 36.6 Å². The van der Waals surface area contributed by atoms with E-state index in [1.165, 1.54) is 24.8 Å². The summed E-state index contributed by atoms with van der Waals surface area (Å²) in [5.74, 6) is -2.52. The number of aromatic nitrogens is 4. The largest absolute Gasteiger partial charge is 0.478 e. The fourth-order valence-corrected chi connectivity index (χ4v) is 5.00. The van der Waals surface area contributed by atoms with E-state index in [0.717, 1.165) is 24.5 Å². The number of benzene rings is 2. The van der Waals surface area contributed by atoms with Gasteiger partial charge in [0.05, 0.1) is 6.33 Å². The van der Waals surface area contributed by atoms with Crippen LogP contribution in [0.25, 0.3) is 17.2 Å². The number of nitrogens with zero attached hydrogens (tertiary/aromatic N) is 4. The molecule has 2 aromatic heterocycles. The summed E-state index contributed by atoms with van der Waals surface area (Å²) in [5, 5.41) is 15.2. The van der Waals surface area contributed by atoms with Gasteiger partial charge in [0, 0.05) is 6.04 Å². The number of aromatic carboxylic acids is 1. The van der Waals surface area contributed by atoms with Gasteiger partial charge in [0.15, 0.2) is 47.2 Å². The molecule has 2 amide bonds. The third kappa shape index (κ3) is 5.38. The topological polar surface area (TPSA) is 159 Å². The zero-order chi connectivity index (χ0) is 29.5. The predicted molar refractivity (Wildman–Crippen MR) is 147 cm³/mol. The molecule has 2 aliphatic heterocycles. The van der Waals surface area contributed by atoms with E-state index in [0.29, 0.717) is 11.2 Å². The van der Waals surface area contributed by atoms with E-state index in [1.54, 1.807) is 10.6 Å². The molecule has 14 heteroatoms. The van der Waals surface area contributed by atoms with Crippen molar-refractivity contribution in [3.8, 4) is 5.75 Å². The Labute approximate surface area is 243 Å². The minimum Gasteiger partial charge on any atom is -0.478 e. The van der Waals surface area contributed by atoms with Crippen molar-refractivity contribution in [2.45, 2.75) is 49.9 Å². The third-order valence-electron chi connectivity index (χ3n) is 7.18. The van der Waals surface area contributed by atoms with E-state index in [9.17, 15) is 19.1 Å². The quantitative estimate of drug-likeness (QED) is 0.277. The first-order valence-electron chi connectivity index (χ1n) is 13.6. The van der Waals surface area contributed by atoms with Gasteiger partial charge < -0.3 is 29.4 Å². The molecule has 4 unspecified atom stereocenters. The molecular formula is C29H25FN6O7. The highest BCUT2D eigenvalue weighted by molar-refractivity contribution is 5.96. The van der Waals surface area contributed by atoms with Crippen LogP contribution in [0, 0.1) is 5.82 Å². The van der Waals surface area contributed by atoms with E-state index in [4.69, 9.17) is 18.9 Å². The molecule has 0 spiro atoms. The minimum atomic E-state index is -1.36. The highest BCUT2D eigenvalue weighted by atomic mass is 19.1. The van der Waals surface area contributed by atoms with Crippen LogP contribution in [0.4, 0.5) is 15.0 Å². The van der Waals surface area contributed by atoms with Crippen molar-refractivity contribution >= 4 is 35.1 Å². The van der Waals surface area contributed by atoms with Crippen LogP contribution >= 0.6 is 0 Å². The summed E-state index contributed by atoms with van der Waals surface area (Å²) in [7, 11) is 0. The molecule has 3 aliphatic rings. The zero-order valence-corrected chi connectivity index (χ0v) is 22.4. The Morgan fingerprint density at radius 2 is 1.84 bits per heavy atom. The second-order valence-corrected chi connectivity index (χ2v) is 10.2. The number of amides is 2. The first-order chi connectivity index (χ1) is 20.9. The maximum absolute atomic E-state index is 14.8. The highest BCUT2D eigenvalue weighted by Crippen LogP contribution is 2.42. The molecule has 0 radical (unpaired) electrons. The molecule has 0 bridgehead atoms. The number of urea groups is 1. The van der Waals surface area contributed by atoms with Gasteiger partial charge in [0.2, 0.25) is 6.29 Å². The Morgan fingerprint density at radius 1 is 1.02 bits per heavy atom. The number of nitrogens with one attached hydrogen (secondary N) is 2. The van der Waals surface area contributed by atoms with Crippen LogP contribution in [0.2, 0.25) is 0 Å². The lowest BCUT2D eigenvalue weighted by Gasteiger charge is -2.21. The summed E-state index contributed by atoms with van der Waals surface area (Å²) in [6, 6.07) is 12.9. The van der Waals surface area contributed by atoms with Crippen molar-refractivity contribution in [2.24, 2.45) is 0 Å². The van der Waals surface area contributed by atoms with Gasteiger partial charge in [0.1, 0.15) is 18.0 Å². The molecular weight excluding hydrogens is 563 g/mol. The number of ether oxygens (including phenoxy) is 4. The van der Waals surface area contributed by atoms with Crippen LogP contribution in [0.15, 0.2) is 67.3 Å². The first-order valence-corrected chi connectivity index (χ1v) is 13.6. The number of para-hydroxylation sites is 1. The summed E-state index contributed by atoms with van der Waals surface area (Å²) < 4.78 is 40.7. The van der Waals surface area contributed by atoms with E-state index < -0.39 is 54.6 Å². The third-order valence-corrected chi connectivity index (χ3v) is 7.18. The highest BCUT2D eigenvalue weighted by Gasteiger charge is 2.55. The molecule has 7 rings (SSSR count). The number of carbonyl (C=O) groups is 2. The zero-order valence-electron chi connectivity index (χ0n) is 22.4. The standard InChI is InChI=1S/C29H25FN6O7/c30-18-8-4-7-17(27(37)38)21(18)42-28-23-22(40-19(41-23)12-9-15-5-2-1-3-6-15)26(43-28)36-14-33-20-24(31-13-32-25(20)36)35-29(39)34-16-10-11-16/h1-9,12-14,16,19,22-23,26,28H,10-11H2,(H,37,38)(H2,31,32,34,35,39)/b12-9+/t19-,22?,23?,26?,28?/m1/s1. The van der Waals surface area contributed by atoms with E-state index in [1.807, 2.05) is 36.4 Å². The molecule has 13 nitrogen and oxygen atoms in total. The number of carboxylic acids is 1. The summed E-state index contributed by atoms with van der Waals surface area (Å²) in [6.07, 6.45) is 3.45. The molecule has 4 aromatic rings. The Balaban J connectivity index is 1.20. The van der Waals surface area contributed by atoms with Crippen LogP contribution in [-0.2, 0) is 14.2 Å². The number of anilines is 1. The van der Waals surface area contributed by atoms with E-state index in [2.05, 4.69) is 25.6 Å². The van der Waals surface area contributed by atoms with Crippen LogP contribution in [-0.4, -0.2) is 67.5 Å². The molecule has 4 heterocycles. The van der Waals surface area contributed by atoms with Gasteiger partial charge in [-0.25, -0.2) is 28.9 Å². The average Bonchev–Trinajstić information content (AvgIpc) is 3.40. The number of imidazole rings is 1. The Hall–Kier alpha value is -4.92. The molecule has 1 aliphatic carbocycles. The molecule has 2 saturated heterocycles. The monoisotopic (exact) mass is 588 g/mol. The number of carboxylic acid groups (broad SMARTS) is 1. The lowest BCUT2D eigenvalue weighted by Crippen LogP contribution is -2.33. The van der Waals surface area contributed by atoms with Crippen molar-refractivity contribution in [1.82, 2.24) is 24.8 Å². The van der Waals surface area contributed by atoms with Gasteiger partial charge >= 0.3 is 12.0 Å². The SMILES string of the molecule is O=C(Nc1ncnc2c1ncn2C1OC(Oc2c(F)cccc2C(=O)O)C2O[C@H](/C=C/c3ccccc3)OC21)NC1CC1. The first kappa shape index (κ1) is 26.9. The lowest BCUT2D eigenvalue weighted by molar-refractivity contribution is -0.177. The lowest BCUT2D eigenvalue weighted by atomic mass is 10.2. The van der Waals surface area contributed by atoms with Gasteiger partial charge in [-0.15, -0.1) is 0 Å². The molecule has 3 fully saturated rings. The second kappa shape index (κ2) is 11.1. The van der Waals surface area contributed by atoms with Crippen molar-refractivity contribution in [3.05, 3.63) is 84.2 Å². The van der Waals surface area contributed by atoms with Gasteiger partial charge in [-0.3, -0.25) is 9.88 Å². The average molecular weight is 589 g/mol. The fourth-order valence-electron chi connectivity index (χ4n) is 5.00. The Morgan fingerprint density at radius 3 is 2.63 bits per heavy atom.